The number of fused-ring (bicyclic) bond motifs is 1. The van der Waals surface area contributed by atoms with E-state index in [-0.39, 0.29) is 12.3 Å². The standard InChI is InChI=1S/C20H20N2O4/c1-12-7-6-8-13(2)19(12)21-20(24)14(3)25-18(23)11-16-15-9-4-5-10-17(15)26-22-16/h4-10,14H,11H2,1-3H3,(H,21,24)/t14-/m1/s1. The zero-order valence-electron chi connectivity index (χ0n) is 14.9. The van der Waals surface area contributed by atoms with Gasteiger partial charge in [-0.25, -0.2) is 0 Å². The quantitative estimate of drug-likeness (QED) is 0.710. The monoisotopic (exact) mass is 352 g/mol. The van der Waals surface area contributed by atoms with E-state index in [1.54, 1.807) is 13.0 Å². The van der Waals surface area contributed by atoms with Crippen LogP contribution in [0.15, 0.2) is 47.0 Å². The minimum Gasteiger partial charge on any atom is -0.452 e. The maximum atomic E-state index is 12.3. The summed E-state index contributed by atoms with van der Waals surface area (Å²) in [6, 6.07) is 13.0. The molecule has 0 unspecified atom stereocenters. The number of anilines is 1. The van der Waals surface area contributed by atoms with Crippen molar-refractivity contribution in [3.63, 3.8) is 0 Å². The Morgan fingerprint density at radius 1 is 1.12 bits per heavy atom. The number of aromatic nitrogens is 1. The van der Waals surface area contributed by atoms with Crippen molar-refractivity contribution < 1.29 is 18.8 Å². The minimum atomic E-state index is -0.917. The smallest absolute Gasteiger partial charge is 0.312 e. The van der Waals surface area contributed by atoms with Crippen LogP contribution in [0.4, 0.5) is 5.69 Å². The number of ether oxygens (including phenoxy) is 1. The van der Waals surface area contributed by atoms with Crippen molar-refractivity contribution >= 4 is 28.5 Å². The van der Waals surface area contributed by atoms with Crippen molar-refractivity contribution in [2.45, 2.75) is 33.3 Å². The third-order valence-corrected chi connectivity index (χ3v) is 4.17. The average molecular weight is 352 g/mol. The predicted molar refractivity (Wildman–Crippen MR) is 97.8 cm³/mol. The van der Waals surface area contributed by atoms with Crippen LogP contribution in [0.2, 0.25) is 0 Å². The summed E-state index contributed by atoms with van der Waals surface area (Å²) in [5.74, 6) is -0.908. The molecule has 0 aliphatic carbocycles. The lowest BCUT2D eigenvalue weighted by Crippen LogP contribution is -2.31. The lowest BCUT2D eigenvalue weighted by Gasteiger charge is -2.16. The highest BCUT2D eigenvalue weighted by Gasteiger charge is 2.21. The van der Waals surface area contributed by atoms with E-state index >= 15 is 0 Å². The fourth-order valence-corrected chi connectivity index (χ4v) is 2.73. The Kier molecular flexibility index (Phi) is 5.02. The number of carbonyl (C=O) groups excluding carboxylic acids is 2. The fourth-order valence-electron chi connectivity index (χ4n) is 2.73. The number of esters is 1. The number of rotatable bonds is 5. The molecule has 0 saturated heterocycles. The van der Waals surface area contributed by atoms with E-state index in [2.05, 4.69) is 10.5 Å². The molecule has 2 aromatic carbocycles. The van der Waals surface area contributed by atoms with E-state index in [4.69, 9.17) is 9.26 Å². The van der Waals surface area contributed by atoms with E-state index in [1.165, 1.54) is 0 Å². The topological polar surface area (TPSA) is 81.4 Å². The van der Waals surface area contributed by atoms with Gasteiger partial charge in [-0.15, -0.1) is 0 Å². The molecule has 0 aliphatic heterocycles. The Labute approximate surface area is 151 Å². The highest BCUT2D eigenvalue weighted by molar-refractivity contribution is 5.96. The van der Waals surface area contributed by atoms with Gasteiger partial charge in [-0.2, -0.15) is 0 Å². The summed E-state index contributed by atoms with van der Waals surface area (Å²) in [4.78, 5) is 24.5. The van der Waals surface area contributed by atoms with Crippen LogP contribution in [0.5, 0.6) is 0 Å². The number of amides is 1. The molecule has 1 aromatic heterocycles. The van der Waals surface area contributed by atoms with Crippen molar-refractivity contribution in [3.8, 4) is 0 Å². The second-order valence-corrected chi connectivity index (χ2v) is 6.19. The zero-order chi connectivity index (χ0) is 18.7. The molecule has 1 heterocycles. The summed E-state index contributed by atoms with van der Waals surface area (Å²) in [5, 5.41) is 7.48. The predicted octanol–water partition coefficient (Wildman–Crippen LogP) is 3.56. The Morgan fingerprint density at radius 3 is 2.54 bits per heavy atom. The molecule has 1 N–H and O–H groups in total. The molecule has 0 radical (unpaired) electrons. The van der Waals surface area contributed by atoms with Crippen molar-refractivity contribution in [2.24, 2.45) is 0 Å². The Bertz CT molecular complexity index is 941. The largest absolute Gasteiger partial charge is 0.452 e. The molecule has 0 saturated carbocycles. The van der Waals surface area contributed by atoms with E-state index in [0.29, 0.717) is 11.3 Å². The van der Waals surface area contributed by atoms with Crippen LogP contribution in [0, 0.1) is 13.8 Å². The van der Waals surface area contributed by atoms with Crippen LogP contribution >= 0.6 is 0 Å². The van der Waals surface area contributed by atoms with Crippen LogP contribution < -0.4 is 5.32 Å². The second kappa shape index (κ2) is 7.39. The summed E-state index contributed by atoms with van der Waals surface area (Å²) in [7, 11) is 0. The molecule has 26 heavy (non-hydrogen) atoms. The lowest BCUT2D eigenvalue weighted by molar-refractivity contribution is -0.152. The number of para-hydroxylation sites is 2. The van der Waals surface area contributed by atoms with Gasteiger partial charge in [0.15, 0.2) is 11.7 Å². The first-order valence-electron chi connectivity index (χ1n) is 8.35. The van der Waals surface area contributed by atoms with Gasteiger partial charge in [0.2, 0.25) is 0 Å². The van der Waals surface area contributed by atoms with Crippen LogP contribution in [-0.4, -0.2) is 23.1 Å². The number of nitrogens with zero attached hydrogens (tertiary/aromatic N) is 1. The van der Waals surface area contributed by atoms with Crippen molar-refractivity contribution in [1.82, 2.24) is 5.16 Å². The van der Waals surface area contributed by atoms with Crippen LogP contribution in [-0.2, 0) is 20.7 Å². The van der Waals surface area contributed by atoms with Gasteiger partial charge in [-0.1, -0.05) is 35.5 Å². The molecule has 0 spiro atoms. The molecule has 6 nitrogen and oxygen atoms in total. The zero-order valence-corrected chi connectivity index (χ0v) is 14.9. The molecule has 0 bridgehead atoms. The van der Waals surface area contributed by atoms with Crippen LogP contribution in [0.3, 0.4) is 0 Å². The Morgan fingerprint density at radius 2 is 1.81 bits per heavy atom. The van der Waals surface area contributed by atoms with Gasteiger partial charge < -0.3 is 14.6 Å². The van der Waals surface area contributed by atoms with Crippen LogP contribution in [0.1, 0.15) is 23.7 Å². The first kappa shape index (κ1) is 17.7. The summed E-state index contributed by atoms with van der Waals surface area (Å²) in [6.07, 6.45) is -0.974. The van der Waals surface area contributed by atoms with Gasteiger partial charge in [0, 0.05) is 11.1 Å². The fraction of sp³-hybridized carbons (Fsp3) is 0.250. The Balaban J connectivity index is 1.63. The van der Waals surface area contributed by atoms with E-state index in [9.17, 15) is 9.59 Å². The number of nitrogens with one attached hydrogen (secondary N) is 1. The normalized spacial score (nSPS) is 12.0. The van der Waals surface area contributed by atoms with Crippen molar-refractivity contribution in [1.29, 1.82) is 0 Å². The van der Waals surface area contributed by atoms with E-state index in [0.717, 1.165) is 22.2 Å². The Hall–Kier alpha value is -3.15. The molecule has 1 amide bonds. The molecule has 3 aromatic rings. The SMILES string of the molecule is Cc1cccc(C)c1NC(=O)[C@@H](C)OC(=O)Cc1noc2ccccc12. The number of hydrogen-bond donors (Lipinski definition) is 1. The van der Waals surface area contributed by atoms with Gasteiger partial charge in [0.1, 0.15) is 5.69 Å². The molecular formula is C20H20N2O4. The summed E-state index contributed by atoms with van der Waals surface area (Å²) in [5.41, 5.74) is 3.74. The molecule has 0 aliphatic rings. The van der Waals surface area contributed by atoms with Gasteiger partial charge >= 0.3 is 5.97 Å². The number of hydrogen-bond acceptors (Lipinski definition) is 5. The van der Waals surface area contributed by atoms with E-state index in [1.807, 2.05) is 50.2 Å². The second-order valence-electron chi connectivity index (χ2n) is 6.19. The van der Waals surface area contributed by atoms with Gasteiger partial charge in [-0.3, -0.25) is 9.59 Å². The summed E-state index contributed by atoms with van der Waals surface area (Å²) < 4.78 is 10.4. The van der Waals surface area contributed by atoms with Gasteiger partial charge in [-0.05, 0) is 44.0 Å². The first-order valence-corrected chi connectivity index (χ1v) is 8.35. The number of aryl methyl sites for hydroxylation is 2. The molecule has 6 heteroatoms. The molecule has 134 valence electrons. The third kappa shape index (κ3) is 3.74. The van der Waals surface area contributed by atoms with Crippen LogP contribution in [0.25, 0.3) is 11.0 Å². The maximum Gasteiger partial charge on any atom is 0.312 e. The highest BCUT2D eigenvalue weighted by atomic mass is 16.5. The third-order valence-electron chi connectivity index (χ3n) is 4.17. The summed E-state index contributed by atoms with van der Waals surface area (Å²) in [6.45, 7) is 5.37. The molecule has 1 atom stereocenters. The van der Waals surface area contributed by atoms with Gasteiger partial charge in [0.05, 0.1) is 6.42 Å². The minimum absolute atomic E-state index is 0.0575. The van der Waals surface area contributed by atoms with Crippen molar-refractivity contribution in [3.05, 3.63) is 59.3 Å². The molecule has 3 rings (SSSR count). The molecular weight excluding hydrogens is 332 g/mol. The van der Waals surface area contributed by atoms with Gasteiger partial charge in [0.25, 0.3) is 5.91 Å². The number of carbonyl (C=O) groups is 2. The maximum absolute atomic E-state index is 12.3. The van der Waals surface area contributed by atoms with E-state index < -0.39 is 12.1 Å². The lowest BCUT2D eigenvalue weighted by atomic mass is 10.1. The highest BCUT2D eigenvalue weighted by Crippen LogP contribution is 2.20. The molecule has 0 fully saturated rings. The summed E-state index contributed by atoms with van der Waals surface area (Å²) >= 11 is 0. The number of benzene rings is 2. The van der Waals surface area contributed by atoms with Crippen molar-refractivity contribution in [2.75, 3.05) is 5.32 Å². The first-order chi connectivity index (χ1) is 12.5. The average Bonchev–Trinajstić information content (AvgIpc) is 3.01.